The van der Waals surface area contributed by atoms with Crippen LogP contribution in [0.5, 0.6) is 0 Å². The van der Waals surface area contributed by atoms with Crippen LogP contribution < -0.4 is 0 Å². The van der Waals surface area contributed by atoms with Crippen molar-refractivity contribution in [3.63, 3.8) is 0 Å². The number of aliphatic hydroxyl groups is 1. The molecule has 0 heterocycles. The number of carbonyl (C=O) groups is 1. The fourth-order valence-electron chi connectivity index (χ4n) is 1.17. The zero-order valence-corrected chi connectivity index (χ0v) is 8.34. The molecule has 1 rings (SSSR count). The number of benzene rings is 1. The van der Waals surface area contributed by atoms with Gasteiger partial charge in [-0.2, -0.15) is 0 Å². The Kier molecular flexibility index (Phi) is 3.89. The summed E-state index contributed by atoms with van der Waals surface area (Å²) >= 11 is 0. The standard InChI is InChI=1S/C10H9F3O3/c1-16-10(15)8(14)4-5-2-6(11)9(13)7(12)3-5/h2-3,8,14H,4H2,1H3. The van der Waals surface area contributed by atoms with E-state index in [1.807, 2.05) is 0 Å². The first kappa shape index (κ1) is 12.5. The van der Waals surface area contributed by atoms with E-state index in [0.717, 1.165) is 7.11 Å². The van der Waals surface area contributed by atoms with Crippen molar-refractivity contribution < 1.29 is 27.8 Å². The lowest BCUT2D eigenvalue weighted by atomic mass is 10.1. The van der Waals surface area contributed by atoms with Crippen molar-refractivity contribution in [1.82, 2.24) is 0 Å². The largest absolute Gasteiger partial charge is 0.467 e. The minimum Gasteiger partial charge on any atom is -0.467 e. The van der Waals surface area contributed by atoms with Gasteiger partial charge in [0.1, 0.15) is 0 Å². The molecule has 0 bridgehead atoms. The van der Waals surface area contributed by atoms with Gasteiger partial charge in [0.05, 0.1) is 7.11 Å². The molecule has 0 aliphatic carbocycles. The van der Waals surface area contributed by atoms with Gasteiger partial charge in [0.2, 0.25) is 0 Å². The van der Waals surface area contributed by atoms with Gasteiger partial charge in [0.25, 0.3) is 0 Å². The van der Waals surface area contributed by atoms with E-state index >= 15 is 0 Å². The van der Waals surface area contributed by atoms with E-state index in [1.165, 1.54) is 0 Å². The number of ether oxygens (including phenoxy) is 1. The topological polar surface area (TPSA) is 46.5 Å². The Balaban J connectivity index is 2.86. The van der Waals surface area contributed by atoms with Crippen molar-refractivity contribution in [3.8, 4) is 0 Å². The summed E-state index contributed by atoms with van der Waals surface area (Å²) in [7, 11) is 1.07. The average Bonchev–Trinajstić information content (AvgIpc) is 2.24. The number of methoxy groups -OCH3 is 1. The van der Waals surface area contributed by atoms with Gasteiger partial charge in [0, 0.05) is 6.42 Å². The van der Waals surface area contributed by atoms with Gasteiger partial charge in [-0.15, -0.1) is 0 Å². The molecule has 0 aliphatic heterocycles. The minimum atomic E-state index is -1.59. The van der Waals surface area contributed by atoms with Gasteiger partial charge in [0.15, 0.2) is 23.6 Å². The van der Waals surface area contributed by atoms with Crippen LogP contribution in [0.15, 0.2) is 12.1 Å². The molecule has 1 aromatic rings. The van der Waals surface area contributed by atoms with E-state index in [2.05, 4.69) is 4.74 Å². The van der Waals surface area contributed by atoms with Gasteiger partial charge < -0.3 is 9.84 Å². The summed E-state index contributed by atoms with van der Waals surface area (Å²) in [5.74, 6) is -5.25. The Bertz CT molecular complexity index is 383. The van der Waals surface area contributed by atoms with E-state index in [9.17, 15) is 23.1 Å². The summed E-state index contributed by atoms with van der Waals surface area (Å²) in [6.45, 7) is 0. The molecular formula is C10H9F3O3. The number of hydrogen-bond acceptors (Lipinski definition) is 3. The maximum atomic E-state index is 12.8. The maximum absolute atomic E-state index is 12.8. The zero-order chi connectivity index (χ0) is 12.3. The van der Waals surface area contributed by atoms with Crippen LogP contribution in [0.3, 0.4) is 0 Å². The first-order valence-corrected chi connectivity index (χ1v) is 4.35. The summed E-state index contributed by atoms with van der Waals surface area (Å²) in [5.41, 5.74) is -0.0331. The number of hydrogen-bond donors (Lipinski definition) is 1. The summed E-state index contributed by atoms with van der Waals surface area (Å²) in [5, 5.41) is 9.21. The van der Waals surface area contributed by atoms with Crippen LogP contribution >= 0.6 is 0 Å². The average molecular weight is 234 g/mol. The predicted octanol–water partition coefficient (Wildman–Crippen LogP) is 1.18. The molecule has 0 fully saturated rings. The molecule has 88 valence electrons. The lowest BCUT2D eigenvalue weighted by Gasteiger charge is -2.08. The normalized spacial score (nSPS) is 12.3. The number of carbonyl (C=O) groups excluding carboxylic acids is 1. The van der Waals surface area contributed by atoms with Crippen LogP contribution in [0.4, 0.5) is 13.2 Å². The molecule has 0 saturated carbocycles. The molecule has 0 aromatic heterocycles. The first-order chi connectivity index (χ1) is 7.45. The third-order valence-electron chi connectivity index (χ3n) is 1.95. The van der Waals surface area contributed by atoms with E-state index in [1.54, 1.807) is 0 Å². The first-order valence-electron chi connectivity index (χ1n) is 4.35. The summed E-state index contributed by atoms with van der Waals surface area (Å²) in [6.07, 6.45) is -1.88. The van der Waals surface area contributed by atoms with Crippen molar-refractivity contribution in [2.45, 2.75) is 12.5 Å². The molecule has 0 saturated heterocycles. The van der Waals surface area contributed by atoms with Gasteiger partial charge in [-0.25, -0.2) is 18.0 Å². The van der Waals surface area contributed by atoms with E-state index < -0.39 is 29.5 Å². The van der Waals surface area contributed by atoms with Gasteiger partial charge >= 0.3 is 5.97 Å². The second-order valence-electron chi connectivity index (χ2n) is 3.12. The zero-order valence-electron chi connectivity index (χ0n) is 8.34. The van der Waals surface area contributed by atoms with Crippen LogP contribution in [0, 0.1) is 17.5 Å². The Morgan fingerprint density at radius 1 is 1.38 bits per heavy atom. The Labute approximate surface area is 89.5 Å². The monoisotopic (exact) mass is 234 g/mol. The fraction of sp³-hybridized carbons (Fsp3) is 0.300. The maximum Gasteiger partial charge on any atom is 0.335 e. The van der Waals surface area contributed by atoms with Crippen molar-refractivity contribution in [1.29, 1.82) is 0 Å². The van der Waals surface area contributed by atoms with Crippen molar-refractivity contribution in [2.75, 3.05) is 7.11 Å². The van der Waals surface area contributed by atoms with Gasteiger partial charge in [-0.05, 0) is 17.7 Å². The molecule has 1 unspecified atom stereocenters. The second-order valence-corrected chi connectivity index (χ2v) is 3.12. The molecule has 3 nitrogen and oxygen atoms in total. The summed E-state index contributed by atoms with van der Waals surface area (Å²) < 4.78 is 42.3. The molecule has 1 aromatic carbocycles. The number of esters is 1. The van der Waals surface area contributed by atoms with Gasteiger partial charge in [-0.1, -0.05) is 0 Å². The molecule has 0 spiro atoms. The quantitative estimate of drug-likeness (QED) is 0.631. The minimum absolute atomic E-state index is 0.0331. The van der Waals surface area contributed by atoms with Crippen LogP contribution in [-0.4, -0.2) is 24.3 Å². The molecular weight excluding hydrogens is 225 g/mol. The molecule has 1 N–H and O–H groups in total. The van der Waals surface area contributed by atoms with Crippen molar-refractivity contribution >= 4 is 5.97 Å². The van der Waals surface area contributed by atoms with Gasteiger partial charge in [-0.3, -0.25) is 0 Å². The van der Waals surface area contributed by atoms with Crippen LogP contribution in [0.2, 0.25) is 0 Å². The Morgan fingerprint density at radius 2 is 1.88 bits per heavy atom. The van der Waals surface area contributed by atoms with Crippen molar-refractivity contribution in [3.05, 3.63) is 35.1 Å². The SMILES string of the molecule is COC(=O)C(O)Cc1cc(F)c(F)c(F)c1. The van der Waals surface area contributed by atoms with Crippen molar-refractivity contribution in [2.24, 2.45) is 0 Å². The molecule has 0 amide bonds. The smallest absolute Gasteiger partial charge is 0.335 e. The molecule has 16 heavy (non-hydrogen) atoms. The number of aliphatic hydroxyl groups excluding tert-OH is 1. The molecule has 6 heteroatoms. The molecule has 1 atom stereocenters. The highest BCUT2D eigenvalue weighted by molar-refractivity contribution is 5.74. The highest BCUT2D eigenvalue weighted by Crippen LogP contribution is 2.15. The van der Waals surface area contributed by atoms with Crippen LogP contribution in [0.25, 0.3) is 0 Å². The van der Waals surface area contributed by atoms with E-state index in [0.29, 0.717) is 12.1 Å². The Hall–Kier alpha value is -1.56. The third-order valence-corrected chi connectivity index (χ3v) is 1.95. The third kappa shape index (κ3) is 2.73. The molecule has 0 radical (unpaired) electrons. The predicted molar refractivity (Wildman–Crippen MR) is 48.0 cm³/mol. The Morgan fingerprint density at radius 3 is 2.31 bits per heavy atom. The van der Waals surface area contributed by atoms with Crippen LogP contribution in [-0.2, 0) is 16.0 Å². The summed E-state index contributed by atoms with van der Waals surface area (Å²) in [6, 6.07) is 1.43. The lowest BCUT2D eigenvalue weighted by Crippen LogP contribution is -2.24. The summed E-state index contributed by atoms with van der Waals surface area (Å²) in [4.78, 5) is 10.8. The fourth-order valence-corrected chi connectivity index (χ4v) is 1.17. The second kappa shape index (κ2) is 4.98. The van der Waals surface area contributed by atoms with E-state index in [-0.39, 0.29) is 12.0 Å². The van der Waals surface area contributed by atoms with E-state index in [4.69, 9.17) is 0 Å². The lowest BCUT2D eigenvalue weighted by molar-refractivity contribution is -0.150. The number of halogens is 3. The van der Waals surface area contributed by atoms with Crippen LogP contribution in [0.1, 0.15) is 5.56 Å². The molecule has 0 aliphatic rings. The number of rotatable bonds is 3. The highest BCUT2D eigenvalue weighted by atomic mass is 19.2. The highest BCUT2D eigenvalue weighted by Gasteiger charge is 2.18.